The van der Waals surface area contributed by atoms with Gasteiger partial charge in [0.2, 0.25) is 11.8 Å². The van der Waals surface area contributed by atoms with Gasteiger partial charge in [-0.1, -0.05) is 63.8 Å². The molecule has 0 aromatic heterocycles. The van der Waals surface area contributed by atoms with Gasteiger partial charge in [-0.25, -0.2) is 4.79 Å². The summed E-state index contributed by atoms with van der Waals surface area (Å²) in [5.41, 5.74) is -0.834. The van der Waals surface area contributed by atoms with Gasteiger partial charge in [0, 0.05) is 31.9 Å². The second-order valence-electron chi connectivity index (χ2n) is 14.7. The standard InChI is InChI=1S/C38H52F3N3O11/c1-4-6-10-16-36(17-11-7-5-2)53-29-26-20-37(35(50)43-28(23(3)46)33(48)42-18-19-45)31(34(49)52-26)44(55-32(37)30(29)54-36)21-25-13-9-8-12-24(25)14-15-27(47)51-22-38(39,40)41/h8-9,12-15,23,26,28-32,45-46H,4-7,10-11,16-22H2,1-3H3,(H,42,48)(H,43,50)/t23-,26?,28+,29-,30-,31-,32+,37?/m0/s1. The summed E-state index contributed by atoms with van der Waals surface area (Å²) in [6.45, 7) is 3.10. The first-order valence-corrected chi connectivity index (χ1v) is 19.0. The number of hydrogen-bond acceptors (Lipinski definition) is 12. The third-order valence-electron chi connectivity index (χ3n) is 10.6. The average Bonchev–Trinajstić information content (AvgIpc) is 3.69. The van der Waals surface area contributed by atoms with Crippen molar-refractivity contribution in [3.05, 3.63) is 41.5 Å². The zero-order valence-electron chi connectivity index (χ0n) is 31.3. The first kappa shape index (κ1) is 42.5. The molecule has 14 nitrogen and oxygen atoms in total. The van der Waals surface area contributed by atoms with E-state index in [4.69, 9.17) is 19.0 Å². The number of rotatable bonds is 19. The summed E-state index contributed by atoms with van der Waals surface area (Å²) in [5.74, 6) is -4.53. The van der Waals surface area contributed by atoms with Crippen molar-refractivity contribution < 1.29 is 66.3 Å². The number of hydroxylamine groups is 2. The van der Waals surface area contributed by atoms with Gasteiger partial charge in [-0.05, 0) is 37.0 Å². The molecular formula is C38H52F3N3O11. The number of amides is 2. The van der Waals surface area contributed by atoms with E-state index in [1.165, 1.54) is 18.1 Å². The predicted octanol–water partition coefficient (Wildman–Crippen LogP) is 3.22. The number of unbranched alkanes of at least 4 members (excludes halogenated alkanes) is 4. The second kappa shape index (κ2) is 18.1. The van der Waals surface area contributed by atoms with E-state index in [0.29, 0.717) is 24.0 Å². The molecule has 17 heteroatoms. The molecule has 2 unspecified atom stereocenters. The fourth-order valence-electron chi connectivity index (χ4n) is 8.03. The number of ether oxygens (including phenoxy) is 4. The Labute approximate surface area is 318 Å². The molecule has 8 atom stereocenters. The molecule has 55 heavy (non-hydrogen) atoms. The van der Waals surface area contributed by atoms with E-state index in [-0.39, 0.29) is 26.1 Å². The van der Waals surface area contributed by atoms with Crippen LogP contribution >= 0.6 is 0 Å². The molecule has 306 valence electrons. The van der Waals surface area contributed by atoms with Gasteiger partial charge in [-0.15, -0.1) is 0 Å². The van der Waals surface area contributed by atoms with Gasteiger partial charge < -0.3 is 39.8 Å². The third-order valence-corrected chi connectivity index (χ3v) is 10.6. The average molecular weight is 784 g/mol. The smallest absolute Gasteiger partial charge is 0.422 e. The highest BCUT2D eigenvalue weighted by atomic mass is 19.4. The van der Waals surface area contributed by atoms with E-state index in [2.05, 4.69) is 29.2 Å². The molecule has 3 heterocycles. The summed E-state index contributed by atoms with van der Waals surface area (Å²) in [6.07, 6.45) is -1.14. The highest BCUT2D eigenvalue weighted by Crippen LogP contribution is 2.58. The van der Waals surface area contributed by atoms with E-state index >= 15 is 0 Å². The Hall–Kier alpha value is -3.61. The predicted molar refractivity (Wildman–Crippen MR) is 188 cm³/mol. The highest BCUT2D eigenvalue weighted by Gasteiger charge is 2.76. The van der Waals surface area contributed by atoms with Crippen LogP contribution in [0.1, 0.15) is 89.7 Å². The normalized spacial score (nSPS) is 28.0. The minimum Gasteiger partial charge on any atom is -0.458 e. The number of esters is 2. The Bertz CT molecular complexity index is 1550. The Kier molecular flexibility index (Phi) is 14.0. The van der Waals surface area contributed by atoms with Crippen molar-refractivity contribution in [2.24, 2.45) is 5.41 Å². The van der Waals surface area contributed by atoms with Crippen LogP contribution in [0.25, 0.3) is 6.08 Å². The van der Waals surface area contributed by atoms with E-state index < -0.39 is 90.3 Å². The Morgan fingerprint density at radius 3 is 2.38 bits per heavy atom. The molecule has 4 fully saturated rings. The van der Waals surface area contributed by atoms with E-state index in [9.17, 15) is 42.6 Å². The van der Waals surface area contributed by atoms with Crippen molar-refractivity contribution in [3.63, 3.8) is 0 Å². The molecule has 3 aliphatic heterocycles. The molecule has 1 saturated carbocycles. The number of nitrogens with one attached hydrogen (secondary N) is 2. The topological polar surface area (TPSA) is 182 Å². The van der Waals surface area contributed by atoms with Crippen LogP contribution < -0.4 is 10.6 Å². The van der Waals surface area contributed by atoms with Crippen LogP contribution in [-0.2, 0) is 49.5 Å². The number of benzene rings is 1. The van der Waals surface area contributed by atoms with Crippen molar-refractivity contribution in [2.45, 2.75) is 140 Å². The Morgan fingerprint density at radius 2 is 1.75 bits per heavy atom. The lowest BCUT2D eigenvalue weighted by atomic mass is 9.62. The summed E-state index contributed by atoms with van der Waals surface area (Å²) >= 11 is 0. The first-order valence-electron chi connectivity index (χ1n) is 19.0. The molecule has 2 amide bonds. The summed E-state index contributed by atoms with van der Waals surface area (Å²) in [6, 6.07) is 3.76. The number of carbonyl (C=O) groups excluding carboxylic acids is 4. The number of aliphatic hydroxyl groups is 2. The minimum atomic E-state index is -4.70. The highest BCUT2D eigenvalue weighted by molar-refractivity contribution is 5.96. The quantitative estimate of drug-likeness (QED) is 0.0916. The van der Waals surface area contributed by atoms with E-state index in [0.717, 1.165) is 44.6 Å². The molecule has 0 spiro atoms. The van der Waals surface area contributed by atoms with Crippen LogP contribution in [-0.4, -0.2) is 113 Å². The summed E-state index contributed by atoms with van der Waals surface area (Å²) in [4.78, 5) is 60.7. The summed E-state index contributed by atoms with van der Waals surface area (Å²) < 4.78 is 61.8. The van der Waals surface area contributed by atoms with Gasteiger partial charge in [-0.2, -0.15) is 18.2 Å². The molecule has 3 saturated heterocycles. The lowest BCUT2D eigenvalue weighted by molar-refractivity contribution is -0.224. The van der Waals surface area contributed by atoms with Gasteiger partial charge in [0.05, 0.1) is 19.3 Å². The monoisotopic (exact) mass is 783 g/mol. The zero-order valence-corrected chi connectivity index (χ0v) is 31.3. The van der Waals surface area contributed by atoms with Gasteiger partial charge in [-0.3, -0.25) is 19.2 Å². The van der Waals surface area contributed by atoms with Crippen LogP contribution in [0.5, 0.6) is 0 Å². The molecule has 1 aromatic carbocycles. The Balaban J connectivity index is 1.51. The number of aliphatic hydroxyl groups excluding tert-OH is 2. The van der Waals surface area contributed by atoms with Crippen LogP contribution in [0.2, 0.25) is 0 Å². The molecule has 2 bridgehead atoms. The maximum atomic E-state index is 14.8. The largest absolute Gasteiger partial charge is 0.458 e. The fraction of sp³-hybridized carbons (Fsp3) is 0.684. The summed E-state index contributed by atoms with van der Waals surface area (Å²) in [7, 11) is 0. The van der Waals surface area contributed by atoms with Crippen molar-refractivity contribution in [1.29, 1.82) is 0 Å². The third kappa shape index (κ3) is 9.51. The molecule has 1 aromatic rings. The Morgan fingerprint density at radius 1 is 1.07 bits per heavy atom. The first-order chi connectivity index (χ1) is 26.2. The number of carbonyl (C=O) groups is 4. The van der Waals surface area contributed by atoms with Crippen LogP contribution in [0.15, 0.2) is 30.3 Å². The minimum absolute atomic E-state index is 0.0572. The van der Waals surface area contributed by atoms with Crippen molar-refractivity contribution >= 4 is 29.8 Å². The molecule has 5 rings (SSSR count). The number of hydrogen-bond donors (Lipinski definition) is 4. The van der Waals surface area contributed by atoms with Gasteiger partial charge in [0.1, 0.15) is 35.9 Å². The molecule has 4 N–H and O–H groups in total. The lowest BCUT2D eigenvalue weighted by Gasteiger charge is -2.49. The maximum absolute atomic E-state index is 14.8. The fourth-order valence-corrected chi connectivity index (χ4v) is 8.03. The SMILES string of the molecule is CCCCCC1(CCCCC)O[C@@H]2[C@H]3ON(Cc4ccccc4C=CC(=O)OCC(F)(F)F)[C@H]4C(=O)OC(CC34C(=O)N[C@@H](C(=O)NCCO)[C@H](C)O)[C@@H]2O1. The van der Waals surface area contributed by atoms with Crippen molar-refractivity contribution in [2.75, 3.05) is 19.8 Å². The number of nitrogens with zero attached hydrogens (tertiary/aromatic N) is 1. The van der Waals surface area contributed by atoms with E-state index in [1.54, 1.807) is 24.3 Å². The molecule has 0 radical (unpaired) electrons. The number of fused-ring (bicyclic) bond motifs is 4. The lowest BCUT2D eigenvalue weighted by Crippen LogP contribution is -2.71. The van der Waals surface area contributed by atoms with Crippen LogP contribution in [0.4, 0.5) is 13.2 Å². The maximum Gasteiger partial charge on any atom is 0.422 e. The van der Waals surface area contributed by atoms with Gasteiger partial charge >= 0.3 is 18.1 Å². The van der Waals surface area contributed by atoms with Crippen molar-refractivity contribution in [3.8, 4) is 0 Å². The molecule has 4 aliphatic rings. The van der Waals surface area contributed by atoms with E-state index in [1.807, 2.05) is 0 Å². The number of alkyl halides is 3. The second-order valence-corrected chi connectivity index (χ2v) is 14.7. The van der Waals surface area contributed by atoms with Crippen molar-refractivity contribution in [1.82, 2.24) is 15.7 Å². The molecular weight excluding hydrogens is 731 g/mol. The van der Waals surface area contributed by atoms with Gasteiger partial charge in [0.15, 0.2) is 18.4 Å². The summed E-state index contributed by atoms with van der Waals surface area (Å²) in [5, 5.41) is 26.3. The zero-order chi connectivity index (χ0) is 40.0. The van der Waals surface area contributed by atoms with Gasteiger partial charge in [0.25, 0.3) is 0 Å². The molecule has 1 aliphatic carbocycles. The van der Waals surface area contributed by atoms with Crippen LogP contribution in [0, 0.1) is 5.41 Å². The number of halogens is 3. The van der Waals surface area contributed by atoms with Crippen LogP contribution in [0.3, 0.4) is 0 Å².